The fourth-order valence-electron chi connectivity index (χ4n) is 2.49. The minimum atomic E-state index is 0.211. The molecule has 0 amide bonds. The first-order chi connectivity index (χ1) is 8.72. The number of benzene rings is 3. The van der Waals surface area contributed by atoms with Crippen LogP contribution in [0, 0.1) is 0 Å². The van der Waals surface area contributed by atoms with Crippen molar-refractivity contribution in [2.45, 2.75) is 19.4 Å². The zero-order chi connectivity index (χ0) is 12.5. The quantitative estimate of drug-likeness (QED) is 0.670. The Kier molecular flexibility index (Phi) is 2.77. The first-order valence-corrected chi connectivity index (χ1v) is 6.39. The van der Waals surface area contributed by atoms with Crippen molar-refractivity contribution in [2.75, 3.05) is 0 Å². The van der Waals surface area contributed by atoms with Gasteiger partial charge >= 0.3 is 0 Å². The van der Waals surface area contributed by atoms with Crippen LogP contribution in [-0.4, -0.2) is 6.04 Å². The van der Waals surface area contributed by atoms with Crippen LogP contribution in [-0.2, 0) is 6.42 Å². The minimum Gasteiger partial charge on any atom is -0.328 e. The van der Waals surface area contributed by atoms with Gasteiger partial charge in [0, 0.05) is 6.04 Å². The lowest BCUT2D eigenvalue weighted by atomic mass is 9.99. The fourth-order valence-corrected chi connectivity index (χ4v) is 2.49. The van der Waals surface area contributed by atoms with Crippen LogP contribution < -0.4 is 5.73 Å². The molecule has 1 heteroatoms. The molecule has 1 unspecified atom stereocenters. The Bertz CT molecular complexity index is 698. The lowest BCUT2D eigenvalue weighted by Gasteiger charge is -2.07. The van der Waals surface area contributed by atoms with E-state index in [1.54, 1.807) is 0 Å². The molecule has 18 heavy (non-hydrogen) atoms. The Morgan fingerprint density at radius 2 is 1.44 bits per heavy atom. The van der Waals surface area contributed by atoms with E-state index in [9.17, 15) is 0 Å². The summed E-state index contributed by atoms with van der Waals surface area (Å²) >= 11 is 0. The van der Waals surface area contributed by atoms with Gasteiger partial charge in [0.1, 0.15) is 0 Å². The molecule has 0 aliphatic rings. The van der Waals surface area contributed by atoms with E-state index in [0.29, 0.717) is 0 Å². The largest absolute Gasteiger partial charge is 0.328 e. The molecule has 3 aromatic rings. The smallest absolute Gasteiger partial charge is 0.00509 e. The van der Waals surface area contributed by atoms with Crippen LogP contribution >= 0.6 is 0 Å². The van der Waals surface area contributed by atoms with Gasteiger partial charge in [0.2, 0.25) is 0 Å². The molecule has 1 atom stereocenters. The molecule has 0 heterocycles. The molecule has 0 bridgehead atoms. The normalized spacial score (nSPS) is 13.0. The summed E-state index contributed by atoms with van der Waals surface area (Å²) in [5.74, 6) is 0. The standard InChI is InChI=1S/C17H17N/c1-12(18)8-13-6-7-16-10-14-4-2-3-5-15(14)11-17(16)9-13/h2-7,9-12H,8,18H2,1H3. The van der Waals surface area contributed by atoms with Gasteiger partial charge in [-0.1, -0.05) is 42.5 Å². The van der Waals surface area contributed by atoms with Crippen molar-refractivity contribution < 1.29 is 0 Å². The van der Waals surface area contributed by atoms with Crippen LogP contribution in [0.15, 0.2) is 54.6 Å². The maximum absolute atomic E-state index is 5.86. The zero-order valence-electron chi connectivity index (χ0n) is 10.6. The number of fused-ring (bicyclic) bond motifs is 2. The van der Waals surface area contributed by atoms with E-state index in [1.807, 2.05) is 6.92 Å². The van der Waals surface area contributed by atoms with Crippen molar-refractivity contribution in [3.63, 3.8) is 0 Å². The van der Waals surface area contributed by atoms with Gasteiger partial charge in [-0.05, 0) is 52.6 Å². The van der Waals surface area contributed by atoms with Crippen molar-refractivity contribution in [3.05, 3.63) is 60.2 Å². The molecule has 0 radical (unpaired) electrons. The zero-order valence-corrected chi connectivity index (χ0v) is 10.6. The predicted octanol–water partition coefficient (Wildman–Crippen LogP) is 3.88. The van der Waals surface area contributed by atoms with E-state index in [1.165, 1.54) is 27.1 Å². The maximum atomic E-state index is 5.86. The van der Waals surface area contributed by atoms with E-state index < -0.39 is 0 Å². The third-order valence-electron chi connectivity index (χ3n) is 3.33. The summed E-state index contributed by atoms with van der Waals surface area (Å²) in [5, 5.41) is 5.18. The molecule has 3 aromatic carbocycles. The van der Waals surface area contributed by atoms with Gasteiger partial charge in [0.05, 0.1) is 0 Å². The Labute approximate surface area is 107 Å². The van der Waals surface area contributed by atoms with Crippen molar-refractivity contribution in [3.8, 4) is 0 Å². The first kappa shape index (κ1) is 11.2. The van der Waals surface area contributed by atoms with Crippen LogP contribution in [0.2, 0.25) is 0 Å². The van der Waals surface area contributed by atoms with Crippen LogP contribution in [0.1, 0.15) is 12.5 Å². The molecule has 2 N–H and O–H groups in total. The van der Waals surface area contributed by atoms with Crippen molar-refractivity contribution in [2.24, 2.45) is 5.73 Å². The van der Waals surface area contributed by atoms with Gasteiger partial charge in [0.25, 0.3) is 0 Å². The summed E-state index contributed by atoms with van der Waals surface area (Å²) in [6, 6.07) is 19.8. The Balaban J connectivity index is 2.18. The number of nitrogens with two attached hydrogens (primary N) is 1. The average molecular weight is 235 g/mol. The lowest BCUT2D eigenvalue weighted by Crippen LogP contribution is -2.17. The fraction of sp³-hybridized carbons (Fsp3) is 0.176. The van der Waals surface area contributed by atoms with Crippen LogP contribution in [0.4, 0.5) is 0 Å². The Morgan fingerprint density at radius 3 is 2.11 bits per heavy atom. The summed E-state index contributed by atoms with van der Waals surface area (Å²) in [6.45, 7) is 2.05. The predicted molar refractivity (Wildman–Crippen MR) is 78.8 cm³/mol. The van der Waals surface area contributed by atoms with Gasteiger partial charge < -0.3 is 5.73 Å². The summed E-state index contributed by atoms with van der Waals surface area (Å²) in [6.07, 6.45) is 0.933. The second-order valence-electron chi connectivity index (χ2n) is 5.06. The molecule has 0 saturated heterocycles. The van der Waals surface area contributed by atoms with Crippen LogP contribution in [0.25, 0.3) is 21.5 Å². The molecule has 0 aliphatic carbocycles. The first-order valence-electron chi connectivity index (χ1n) is 6.39. The molecule has 0 aliphatic heterocycles. The van der Waals surface area contributed by atoms with Crippen molar-refractivity contribution >= 4 is 21.5 Å². The Hall–Kier alpha value is -1.86. The van der Waals surface area contributed by atoms with Gasteiger partial charge in [0.15, 0.2) is 0 Å². The molecule has 1 nitrogen and oxygen atoms in total. The molecule has 0 saturated carbocycles. The summed E-state index contributed by atoms with van der Waals surface area (Å²) in [4.78, 5) is 0. The van der Waals surface area contributed by atoms with Crippen LogP contribution in [0.3, 0.4) is 0 Å². The number of hydrogen-bond acceptors (Lipinski definition) is 1. The molecule has 90 valence electrons. The molecular weight excluding hydrogens is 218 g/mol. The summed E-state index contributed by atoms with van der Waals surface area (Å²) in [7, 11) is 0. The number of rotatable bonds is 2. The van der Waals surface area contributed by atoms with E-state index in [0.717, 1.165) is 6.42 Å². The second kappa shape index (κ2) is 4.43. The molecule has 0 fully saturated rings. The third-order valence-corrected chi connectivity index (χ3v) is 3.33. The van der Waals surface area contributed by atoms with Gasteiger partial charge in [-0.2, -0.15) is 0 Å². The van der Waals surface area contributed by atoms with Crippen molar-refractivity contribution in [1.29, 1.82) is 0 Å². The van der Waals surface area contributed by atoms with E-state index >= 15 is 0 Å². The SMILES string of the molecule is CC(N)Cc1ccc2cc3ccccc3cc2c1. The number of hydrogen-bond donors (Lipinski definition) is 1. The monoisotopic (exact) mass is 235 g/mol. The third kappa shape index (κ3) is 2.09. The molecular formula is C17H17N. The van der Waals surface area contributed by atoms with Crippen LogP contribution in [0.5, 0.6) is 0 Å². The molecule has 0 spiro atoms. The summed E-state index contributed by atoms with van der Waals surface area (Å²) in [5.41, 5.74) is 7.17. The highest BCUT2D eigenvalue weighted by atomic mass is 14.6. The molecule has 0 aromatic heterocycles. The minimum absolute atomic E-state index is 0.211. The topological polar surface area (TPSA) is 26.0 Å². The van der Waals surface area contributed by atoms with Gasteiger partial charge in [-0.15, -0.1) is 0 Å². The van der Waals surface area contributed by atoms with Crippen molar-refractivity contribution in [1.82, 2.24) is 0 Å². The highest BCUT2D eigenvalue weighted by molar-refractivity contribution is 5.98. The summed E-state index contributed by atoms with van der Waals surface area (Å²) < 4.78 is 0. The van der Waals surface area contributed by atoms with E-state index in [-0.39, 0.29) is 6.04 Å². The highest BCUT2D eigenvalue weighted by Crippen LogP contribution is 2.24. The Morgan fingerprint density at radius 1 is 0.833 bits per heavy atom. The van der Waals surface area contributed by atoms with E-state index in [2.05, 4.69) is 54.6 Å². The van der Waals surface area contributed by atoms with Gasteiger partial charge in [-0.25, -0.2) is 0 Å². The average Bonchev–Trinajstić information content (AvgIpc) is 2.35. The van der Waals surface area contributed by atoms with Gasteiger partial charge in [-0.3, -0.25) is 0 Å². The molecule has 3 rings (SSSR count). The second-order valence-corrected chi connectivity index (χ2v) is 5.06. The maximum Gasteiger partial charge on any atom is 0.00509 e. The highest BCUT2D eigenvalue weighted by Gasteiger charge is 2.01. The van der Waals surface area contributed by atoms with E-state index in [4.69, 9.17) is 5.73 Å². The lowest BCUT2D eigenvalue weighted by molar-refractivity contribution is 0.739.